The second-order valence-corrected chi connectivity index (χ2v) is 4.57. The van der Waals surface area contributed by atoms with E-state index >= 15 is 0 Å². The molecule has 2 unspecified atom stereocenters. The number of rotatable bonds is 3. The normalized spacial score (nSPS) is 24.6. The number of aromatic nitrogens is 1. The van der Waals surface area contributed by atoms with Crippen molar-refractivity contribution in [3.63, 3.8) is 0 Å². The molecule has 1 fully saturated rings. The molecule has 0 saturated carbocycles. The van der Waals surface area contributed by atoms with Crippen molar-refractivity contribution in [3.8, 4) is 0 Å². The highest BCUT2D eigenvalue weighted by Crippen LogP contribution is 2.13. The van der Waals surface area contributed by atoms with Gasteiger partial charge in [-0.2, -0.15) is 0 Å². The van der Waals surface area contributed by atoms with Crippen LogP contribution in [-0.2, 0) is 11.3 Å². The van der Waals surface area contributed by atoms with E-state index < -0.39 is 6.10 Å². The summed E-state index contributed by atoms with van der Waals surface area (Å²) in [7, 11) is 2.12. The summed E-state index contributed by atoms with van der Waals surface area (Å²) in [5.41, 5.74) is 0.962. The first kappa shape index (κ1) is 11.6. The molecule has 0 radical (unpaired) electrons. The molecule has 1 aromatic heterocycles. The van der Waals surface area contributed by atoms with Gasteiger partial charge in [0.2, 0.25) is 0 Å². The third kappa shape index (κ3) is 2.84. The van der Waals surface area contributed by atoms with Crippen LogP contribution in [0.25, 0.3) is 0 Å². The van der Waals surface area contributed by atoms with Gasteiger partial charge in [-0.15, -0.1) is 0 Å². The molecule has 0 bridgehead atoms. The fourth-order valence-corrected chi connectivity index (χ4v) is 2.03. The molecule has 1 N–H and O–H groups in total. The Morgan fingerprint density at radius 3 is 3.06 bits per heavy atom. The number of morpholine rings is 1. The van der Waals surface area contributed by atoms with E-state index in [1.165, 1.54) is 0 Å². The van der Waals surface area contributed by atoms with Crippen LogP contribution in [0.5, 0.6) is 0 Å². The molecule has 1 saturated heterocycles. The monoisotopic (exact) mass is 224 g/mol. The third-order valence-electron chi connectivity index (χ3n) is 3.01. The molecular formula is C12H20N2O2. The lowest BCUT2D eigenvalue weighted by Gasteiger charge is -2.30. The first-order valence-electron chi connectivity index (χ1n) is 5.79. The van der Waals surface area contributed by atoms with Crippen molar-refractivity contribution in [2.45, 2.75) is 25.7 Å². The van der Waals surface area contributed by atoms with Gasteiger partial charge < -0.3 is 19.3 Å². The van der Waals surface area contributed by atoms with Gasteiger partial charge in [-0.3, -0.25) is 0 Å². The predicted octanol–water partition coefficient (Wildman–Crippen LogP) is 0.872. The first-order chi connectivity index (χ1) is 7.65. The number of hydrogen-bond acceptors (Lipinski definition) is 3. The molecule has 1 aliphatic rings. The van der Waals surface area contributed by atoms with E-state index in [2.05, 4.69) is 16.5 Å². The quantitative estimate of drug-likeness (QED) is 0.828. The van der Waals surface area contributed by atoms with Gasteiger partial charge in [0.1, 0.15) is 0 Å². The third-order valence-corrected chi connectivity index (χ3v) is 3.01. The molecule has 2 rings (SSSR count). The van der Waals surface area contributed by atoms with Crippen LogP contribution in [0.2, 0.25) is 0 Å². The Bertz CT molecular complexity index is 336. The lowest BCUT2D eigenvalue weighted by atomic mass is 10.2. The van der Waals surface area contributed by atoms with Crippen molar-refractivity contribution in [1.82, 2.24) is 9.47 Å². The molecule has 1 aliphatic heterocycles. The second kappa shape index (κ2) is 4.99. The molecule has 4 nitrogen and oxygen atoms in total. The Morgan fingerprint density at radius 1 is 1.62 bits per heavy atom. The lowest BCUT2D eigenvalue weighted by molar-refractivity contribution is -0.0274. The van der Waals surface area contributed by atoms with Gasteiger partial charge in [0.15, 0.2) is 0 Å². The molecule has 0 spiro atoms. The number of nitrogens with zero attached hydrogens (tertiary/aromatic N) is 2. The molecule has 90 valence electrons. The van der Waals surface area contributed by atoms with E-state index in [1.807, 2.05) is 18.5 Å². The summed E-state index contributed by atoms with van der Waals surface area (Å²) >= 11 is 0. The number of likely N-dealkylation sites (N-methyl/N-ethyl adjacent to an activating group) is 1. The zero-order valence-electron chi connectivity index (χ0n) is 9.97. The average Bonchev–Trinajstić information content (AvgIpc) is 2.66. The van der Waals surface area contributed by atoms with Crippen LogP contribution in [0.3, 0.4) is 0 Å². The molecule has 16 heavy (non-hydrogen) atoms. The maximum absolute atomic E-state index is 9.43. The highest BCUT2D eigenvalue weighted by Gasteiger charge is 2.18. The zero-order chi connectivity index (χ0) is 11.5. The van der Waals surface area contributed by atoms with E-state index in [0.717, 1.165) is 31.8 Å². The van der Waals surface area contributed by atoms with E-state index in [0.29, 0.717) is 0 Å². The van der Waals surface area contributed by atoms with Gasteiger partial charge in [0.05, 0.1) is 18.8 Å². The summed E-state index contributed by atoms with van der Waals surface area (Å²) in [6, 6.07) is 1.96. The maximum Gasteiger partial charge on any atom is 0.0880 e. The molecule has 0 aliphatic carbocycles. The SMILES string of the molecule is CC(O)c1ccn(CC2CN(C)CCO2)c1. The van der Waals surface area contributed by atoms with Crippen LogP contribution < -0.4 is 0 Å². The van der Waals surface area contributed by atoms with Crippen LogP contribution >= 0.6 is 0 Å². The Hall–Kier alpha value is -0.840. The van der Waals surface area contributed by atoms with Gasteiger partial charge >= 0.3 is 0 Å². The highest BCUT2D eigenvalue weighted by atomic mass is 16.5. The minimum Gasteiger partial charge on any atom is -0.389 e. The summed E-state index contributed by atoms with van der Waals surface area (Å²) in [6.07, 6.45) is 3.85. The minimum absolute atomic E-state index is 0.257. The number of aliphatic hydroxyl groups is 1. The van der Waals surface area contributed by atoms with Crippen molar-refractivity contribution >= 4 is 0 Å². The van der Waals surface area contributed by atoms with Crippen LogP contribution in [-0.4, -0.2) is 47.4 Å². The average molecular weight is 224 g/mol. The van der Waals surface area contributed by atoms with Crippen LogP contribution in [0.1, 0.15) is 18.6 Å². The van der Waals surface area contributed by atoms with E-state index in [9.17, 15) is 5.11 Å². The Labute approximate surface area is 96.4 Å². The van der Waals surface area contributed by atoms with Crippen LogP contribution in [0, 0.1) is 0 Å². The molecule has 0 amide bonds. The number of aliphatic hydroxyl groups excluding tert-OH is 1. The second-order valence-electron chi connectivity index (χ2n) is 4.57. The van der Waals surface area contributed by atoms with Crippen molar-refractivity contribution in [2.75, 3.05) is 26.7 Å². The summed E-state index contributed by atoms with van der Waals surface area (Å²) < 4.78 is 7.79. The number of ether oxygens (including phenoxy) is 1. The van der Waals surface area contributed by atoms with Crippen LogP contribution in [0.15, 0.2) is 18.5 Å². The van der Waals surface area contributed by atoms with Crippen molar-refractivity contribution < 1.29 is 9.84 Å². The molecule has 1 aromatic rings. The summed E-state index contributed by atoms with van der Waals surface area (Å²) in [5, 5.41) is 9.43. The molecule has 4 heteroatoms. The van der Waals surface area contributed by atoms with Gasteiger partial charge in [0.25, 0.3) is 0 Å². The predicted molar refractivity (Wildman–Crippen MR) is 62.3 cm³/mol. The summed E-state index contributed by atoms with van der Waals surface area (Å²) in [4.78, 5) is 2.28. The van der Waals surface area contributed by atoms with Gasteiger partial charge in [-0.05, 0) is 25.6 Å². The van der Waals surface area contributed by atoms with Crippen molar-refractivity contribution in [1.29, 1.82) is 0 Å². The Morgan fingerprint density at radius 2 is 2.44 bits per heavy atom. The van der Waals surface area contributed by atoms with Crippen molar-refractivity contribution in [2.24, 2.45) is 0 Å². The van der Waals surface area contributed by atoms with Gasteiger partial charge in [-0.25, -0.2) is 0 Å². The van der Waals surface area contributed by atoms with Crippen LogP contribution in [0.4, 0.5) is 0 Å². The Balaban J connectivity index is 1.92. The molecular weight excluding hydrogens is 204 g/mol. The molecule has 2 heterocycles. The summed E-state index contributed by atoms with van der Waals surface area (Å²) in [6.45, 7) is 5.44. The first-order valence-corrected chi connectivity index (χ1v) is 5.79. The van der Waals surface area contributed by atoms with Crippen molar-refractivity contribution in [3.05, 3.63) is 24.0 Å². The minimum atomic E-state index is -0.392. The summed E-state index contributed by atoms with van der Waals surface area (Å²) in [5.74, 6) is 0. The Kier molecular flexibility index (Phi) is 3.63. The fourth-order valence-electron chi connectivity index (χ4n) is 2.03. The van der Waals surface area contributed by atoms with E-state index in [1.54, 1.807) is 6.92 Å². The standard InChI is InChI=1S/C12H20N2O2/c1-10(15)11-3-4-14(7-11)9-12-8-13(2)5-6-16-12/h3-4,7,10,12,15H,5-6,8-9H2,1-2H3. The largest absolute Gasteiger partial charge is 0.389 e. The van der Waals surface area contributed by atoms with Gasteiger partial charge in [-0.1, -0.05) is 0 Å². The van der Waals surface area contributed by atoms with E-state index in [-0.39, 0.29) is 6.10 Å². The highest BCUT2D eigenvalue weighted by molar-refractivity contribution is 5.12. The van der Waals surface area contributed by atoms with E-state index in [4.69, 9.17) is 4.74 Å². The smallest absolute Gasteiger partial charge is 0.0880 e. The lowest BCUT2D eigenvalue weighted by Crippen LogP contribution is -2.41. The molecule has 2 atom stereocenters. The van der Waals surface area contributed by atoms with Gasteiger partial charge in [0, 0.05) is 32.0 Å². The zero-order valence-corrected chi connectivity index (χ0v) is 9.97. The number of hydrogen-bond donors (Lipinski definition) is 1. The fraction of sp³-hybridized carbons (Fsp3) is 0.667. The maximum atomic E-state index is 9.43. The molecule has 0 aromatic carbocycles. The topological polar surface area (TPSA) is 37.6 Å².